The lowest BCUT2D eigenvalue weighted by molar-refractivity contribution is 0.530. The predicted octanol–water partition coefficient (Wildman–Crippen LogP) is 4.05. The van der Waals surface area contributed by atoms with Gasteiger partial charge in [-0.1, -0.05) is 18.2 Å². The second-order valence-corrected chi connectivity index (χ2v) is 5.15. The lowest BCUT2D eigenvalue weighted by Crippen LogP contribution is -2.18. The van der Waals surface area contributed by atoms with E-state index in [0.29, 0.717) is 0 Å². The second kappa shape index (κ2) is 5.43. The molecule has 0 aliphatic rings. The van der Waals surface area contributed by atoms with E-state index in [-0.39, 0.29) is 11.9 Å². The third-order valence-corrected chi connectivity index (χ3v) is 3.93. The zero-order valence-electron chi connectivity index (χ0n) is 10.0. The Morgan fingerprint density at radius 1 is 1.29 bits per heavy atom. The molecule has 0 radical (unpaired) electrons. The summed E-state index contributed by atoms with van der Waals surface area (Å²) in [7, 11) is 0. The highest BCUT2D eigenvalue weighted by Gasteiger charge is 2.10. The number of benzene rings is 1. The number of hydrogen-bond acceptors (Lipinski definition) is 2. The Morgan fingerprint density at radius 3 is 2.71 bits per heavy atom. The van der Waals surface area contributed by atoms with Crippen LogP contribution in [-0.2, 0) is 6.54 Å². The molecule has 0 amide bonds. The van der Waals surface area contributed by atoms with Gasteiger partial charge in [0.2, 0.25) is 0 Å². The number of rotatable bonds is 4. The lowest BCUT2D eigenvalue weighted by Gasteiger charge is -2.14. The number of aryl methyl sites for hydroxylation is 1. The highest BCUT2D eigenvalue weighted by molar-refractivity contribution is 7.10. The fourth-order valence-electron chi connectivity index (χ4n) is 1.77. The van der Waals surface area contributed by atoms with Crippen molar-refractivity contribution < 1.29 is 4.39 Å². The summed E-state index contributed by atoms with van der Waals surface area (Å²) >= 11 is 1.73. The Hall–Kier alpha value is -1.19. The first-order chi connectivity index (χ1) is 8.18. The van der Waals surface area contributed by atoms with Crippen LogP contribution in [0.4, 0.5) is 4.39 Å². The molecular weight excluding hydrogens is 233 g/mol. The van der Waals surface area contributed by atoms with Gasteiger partial charge < -0.3 is 5.32 Å². The number of hydrogen-bond donors (Lipinski definition) is 1. The molecular formula is C14H16FNS. The van der Waals surface area contributed by atoms with Gasteiger partial charge in [0, 0.05) is 23.0 Å². The van der Waals surface area contributed by atoms with Gasteiger partial charge in [0.15, 0.2) is 0 Å². The minimum absolute atomic E-state index is 0.0256. The predicted molar refractivity (Wildman–Crippen MR) is 70.7 cm³/mol. The maximum atomic E-state index is 13.5. The van der Waals surface area contributed by atoms with E-state index < -0.39 is 0 Å². The third kappa shape index (κ3) is 2.93. The largest absolute Gasteiger partial charge is 0.305 e. The van der Waals surface area contributed by atoms with E-state index in [0.717, 1.165) is 12.1 Å². The van der Waals surface area contributed by atoms with Crippen LogP contribution in [0.3, 0.4) is 0 Å². The molecule has 1 atom stereocenters. The molecule has 1 aromatic carbocycles. The summed E-state index contributed by atoms with van der Waals surface area (Å²) in [5.41, 5.74) is 2.02. The van der Waals surface area contributed by atoms with Crippen LogP contribution in [0.15, 0.2) is 35.7 Å². The van der Waals surface area contributed by atoms with Gasteiger partial charge >= 0.3 is 0 Å². The molecule has 3 heteroatoms. The molecule has 1 heterocycles. The van der Waals surface area contributed by atoms with Gasteiger partial charge in [-0.25, -0.2) is 4.39 Å². The molecule has 1 aromatic heterocycles. The van der Waals surface area contributed by atoms with Crippen LogP contribution in [0.5, 0.6) is 0 Å². The van der Waals surface area contributed by atoms with Gasteiger partial charge in [0.25, 0.3) is 0 Å². The van der Waals surface area contributed by atoms with Crippen LogP contribution in [0.1, 0.15) is 29.0 Å². The first-order valence-corrected chi connectivity index (χ1v) is 6.57. The summed E-state index contributed by atoms with van der Waals surface area (Å²) < 4.78 is 13.5. The summed E-state index contributed by atoms with van der Waals surface area (Å²) in [6.07, 6.45) is 0. The van der Waals surface area contributed by atoms with Crippen molar-refractivity contribution in [3.8, 4) is 0 Å². The van der Waals surface area contributed by atoms with Crippen LogP contribution < -0.4 is 5.32 Å². The fraction of sp³-hybridized carbons (Fsp3) is 0.286. The van der Waals surface area contributed by atoms with E-state index in [1.165, 1.54) is 16.5 Å². The highest BCUT2D eigenvalue weighted by atomic mass is 32.1. The zero-order valence-corrected chi connectivity index (χ0v) is 10.9. The number of halogens is 1. The Kier molecular flexibility index (Phi) is 3.92. The molecule has 2 rings (SSSR count). The van der Waals surface area contributed by atoms with Crippen LogP contribution in [0, 0.1) is 12.7 Å². The van der Waals surface area contributed by atoms with Crippen molar-refractivity contribution in [1.82, 2.24) is 5.32 Å². The molecule has 0 spiro atoms. The van der Waals surface area contributed by atoms with E-state index in [9.17, 15) is 4.39 Å². The first-order valence-electron chi connectivity index (χ1n) is 5.69. The third-order valence-electron chi connectivity index (χ3n) is 2.91. The van der Waals surface area contributed by atoms with Crippen LogP contribution in [0.25, 0.3) is 0 Å². The topological polar surface area (TPSA) is 12.0 Å². The number of thiophene rings is 1. The summed E-state index contributed by atoms with van der Waals surface area (Å²) in [5, 5.41) is 5.44. The van der Waals surface area contributed by atoms with E-state index in [4.69, 9.17) is 0 Å². The zero-order chi connectivity index (χ0) is 12.3. The molecule has 0 aliphatic carbocycles. The SMILES string of the molecule is Cc1ccsc1CN[C@H](C)c1ccccc1F. The average molecular weight is 249 g/mol. The molecule has 1 nitrogen and oxygen atoms in total. The van der Waals surface area contributed by atoms with Gasteiger partial charge in [-0.3, -0.25) is 0 Å². The molecule has 90 valence electrons. The van der Waals surface area contributed by atoms with Crippen molar-refractivity contribution in [2.45, 2.75) is 26.4 Å². The quantitative estimate of drug-likeness (QED) is 0.862. The van der Waals surface area contributed by atoms with Crippen LogP contribution in [-0.4, -0.2) is 0 Å². The van der Waals surface area contributed by atoms with Gasteiger partial charge in [-0.15, -0.1) is 11.3 Å². The van der Waals surface area contributed by atoms with Crippen molar-refractivity contribution >= 4 is 11.3 Å². The second-order valence-electron chi connectivity index (χ2n) is 4.15. The maximum Gasteiger partial charge on any atom is 0.127 e. The highest BCUT2D eigenvalue weighted by Crippen LogP contribution is 2.19. The summed E-state index contributed by atoms with van der Waals surface area (Å²) in [6, 6.07) is 9.05. The number of nitrogens with one attached hydrogen (secondary N) is 1. The van der Waals surface area contributed by atoms with Crippen molar-refractivity contribution in [3.63, 3.8) is 0 Å². The van der Waals surface area contributed by atoms with E-state index in [1.54, 1.807) is 17.4 Å². The Labute approximate surface area is 105 Å². The molecule has 0 fully saturated rings. The van der Waals surface area contributed by atoms with Gasteiger partial charge in [0.05, 0.1) is 0 Å². The molecule has 2 aromatic rings. The standard InChI is InChI=1S/C14H16FNS/c1-10-7-8-17-14(10)9-16-11(2)12-5-3-4-6-13(12)15/h3-8,11,16H,9H2,1-2H3/t11-/m1/s1. The molecule has 0 unspecified atom stereocenters. The Balaban J connectivity index is 2.01. The van der Waals surface area contributed by atoms with Gasteiger partial charge in [0.1, 0.15) is 5.82 Å². The van der Waals surface area contributed by atoms with Crippen LogP contribution >= 0.6 is 11.3 Å². The normalized spacial score (nSPS) is 12.6. The van der Waals surface area contributed by atoms with Crippen molar-refractivity contribution in [2.24, 2.45) is 0 Å². The van der Waals surface area contributed by atoms with E-state index in [1.807, 2.05) is 19.1 Å². The first kappa shape index (κ1) is 12.3. The monoisotopic (exact) mass is 249 g/mol. The van der Waals surface area contributed by atoms with Gasteiger partial charge in [-0.2, -0.15) is 0 Å². The molecule has 0 aliphatic heterocycles. The molecule has 0 saturated carbocycles. The Bertz CT molecular complexity index is 492. The maximum absolute atomic E-state index is 13.5. The minimum atomic E-state index is -0.143. The summed E-state index contributed by atoms with van der Waals surface area (Å²) in [6.45, 7) is 4.88. The van der Waals surface area contributed by atoms with Gasteiger partial charge in [-0.05, 0) is 36.9 Å². The fourth-order valence-corrected chi connectivity index (χ4v) is 2.62. The smallest absolute Gasteiger partial charge is 0.127 e. The van der Waals surface area contributed by atoms with E-state index in [2.05, 4.69) is 23.7 Å². The van der Waals surface area contributed by atoms with Crippen LogP contribution in [0.2, 0.25) is 0 Å². The van der Waals surface area contributed by atoms with E-state index >= 15 is 0 Å². The molecule has 0 saturated heterocycles. The van der Waals surface area contributed by atoms with Crippen molar-refractivity contribution in [1.29, 1.82) is 0 Å². The summed E-state index contributed by atoms with van der Waals surface area (Å²) in [4.78, 5) is 1.31. The molecule has 17 heavy (non-hydrogen) atoms. The lowest BCUT2D eigenvalue weighted by atomic mass is 10.1. The van der Waals surface area contributed by atoms with Crippen molar-refractivity contribution in [3.05, 3.63) is 57.5 Å². The summed E-state index contributed by atoms with van der Waals surface area (Å²) in [5.74, 6) is -0.143. The van der Waals surface area contributed by atoms with Crippen molar-refractivity contribution in [2.75, 3.05) is 0 Å². The Morgan fingerprint density at radius 2 is 2.06 bits per heavy atom. The minimum Gasteiger partial charge on any atom is -0.305 e. The molecule has 0 bridgehead atoms. The average Bonchev–Trinajstić information content (AvgIpc) is 2.72. The molecule has 1 N–H and O–H groups in total.